The summed E-state index contributed by atoms with van der Waals surface area (Å²) in [6.07, 6.45) is 10.5. The van der Waals surface area contributed by atoms with Crippen molar-refractivity contribution in [3.05, 3.63) is 36.5 Å². The Morgan fingerprint density at radius 2 is 2.00 bits per heavy atom. The van der Waals surface area contributed by atoms with Crippen LogP contribution in [0.15, 0.2) is 36.5 Å². The van der Waals surface area contributed by atoms with Crippen LogP contribution in [0.4, 0.5) is 0 Å². The van der Waals surface area contributed by atoms with Gasteiger partial charge >= 0.3 is 0 Å². The number of hydrogen-bond acceptors (Lipinski definition) is 1. The summed E-state index contributed by atoms with van der Waals surface area (Å²) < 4.78 is 0. The van der Waals surface area contributed by atoms with Gasteiger partial charge in [-0.2, -0.15) is 0 Å². The summed E-state index contributed by atoms with van der Waals surface area (Å²) in [5, 5.41) is 3.17. The molecular formula is C12H21N. The molecule has 0 saturated carbocycles. The van der Waals surface area contributed by atoms with Crippen LogP contribution >= 0.6 is 0 Å². The maximum Gasteiger partial charge on any atom is 0.0248 e. The highest BCUT2D eigenvalue weighted by Gasteiger charge is 1.99. The first-order valence-electron chi connectivity index (χ1n) is 4.89. The van der Waals surface area contributed by atoms with Crippen molar-refractivity contribution in [1.29, 1.82) is 0 Å². The van der Waals surface area contributed by atoms with Gasteiger partial charge in [0.15, 0.2) is 0 Å². The molecule has 1 atom stereocenters. The number of rotatable bonds is 6. The topological polar surface area (TPSA) is 12.0 Å². The van der Waals surface area contributed by atoms with E-state index < -0.39 is 0 Å². The molecule has 0 saturated heterocycles. The van der Waals surface area contributed by atoms with Crippen molar-refractivity contribution < 1.29 is 0 Å². The van der Waals surface area contributed by atoms with Crippen LogP contribution in [0.25, 0.3) is 0 Å². The van der Waals surface area contributed by atoms with Crippen molar-refractivity contribution in [2.75, 3.05) is 7.05 Å². The van der Waals surface area contributed by atoms with Gasteiger partial charge in [-0.25, -0.2) is 0 Å². The fourth-order valence-electron chi connectivity index (χ4n) is 0.894. The van der Waals surface area contributed by atoms with Crippen molar-refractivity contribution in [1.82, 2.24) is 5.32 Å². The van der Waals surface area contributed by atoms with Gasteiger partial charge in [-0.05, 0) is 26.8 Å². The molecular weight excluding hydrogens is 158 g/mol. The second kappa shape index (κ2) is 7.81. The molecule has 0 aliphatic rings. The highest BCUT2D eigenvalue weighted by atomic mass is 14.9. The first-order chi connectivity index (χ1) is 6.22. The second-order valence-electron chi connectivity index (χ2n) is 3.14. The molecule has 1 N–H and O–H groups in total. The summed E-state index contributed by atoms with van der Waals surface area (Å²) in [4.78, 5) is 0. The van der Waals surface area contributed by atoms with Gasteiger partial charge in [-0.1, -0.05) is 43.4 Å². The highest BCUT2D eigenvalue weighted by molar-refractivity contribution is 5.12. The second-order valence-corrected chi connectivity index (χ2v) is 3.14. The van der Waals surface area contributed by atoms with Gasteiger partial charge in [-0.15, -0.1) is 0 Å². The fraction of sp³-hybridized carbons (Fsp3) is 0.500. The van der Waals surface area contributed by atoms with Crippen LogP contribution in [-0.4, -0.2) is 13.1 Å². The normalized spacial score (nSPS) is 14.1. The van der Waals surface area contributed by atoms with Gasteiger partial charge in [0.05, 0.1) is 0 Å². The minimum Gasteiger partial charge on any atom is -0.314 e. The standard InChI is InChI=1S/C12H21N/c1-5-6-7-8-9-10-11(2)12(3)13-4/h6-9,12-13H,2,5,10H2,1,3-4H3/b7-6-,9-8?. The molecule has 0 aliphatic carbocycles. The lowest BCUT2D eigenvalue weighted by atomic mass is 10.1. The van der Waals surface area contributed by atoms with E-state index in [1.807, 2.05) is 7.05 Å². The highest BCUT2D eigenvalue weighted by Crippen LogP contribution is 2.04. The Kier molecular flexibility index (Phi) is 7.32. The molecule has 0 fully saturated rings. The van der Waals surface area contributed by atoms with Gasteiger partial charge in [0.2, 0.25) is 0 Å². The van der Waals surface area contributed by atoms with E-state index in [-0.39, 0.29) is 0 Å². The molecule has 0 amide bonds. The van der Waals surface area contributed by atoms with Crippen LogP contribution in [0.2, 0.25) is 0 Å². The first-order valence-corrected chi connectivity index (χ1v) is 4.89. The molecule has 1 unspecified atom stereocenters. The Morgan fingerprint density at radius 3 is 2.54 bits per heavy atom. The molecule has 13 heavy (non-hydrogen) atoms. The number of allylic oxidation sites excluding steroid dienone is 4. The Hall–Kier alpha value is -0.820. The molecule has 0 heterocycles. The first kappa shape index (κ1) is 12.2. The van der Waals surface area contributed by atoms with E-state index >= 15 is 0 Å². The predicted octanol–water partition coefficient (Wildman–Crippen LogP) is 3.06. The predicted molar refractivity (Wildman–Crippen MR) is 60.8 cm³/mol. The Labute approximate surface area is 82.2 Å². The quantitative estimate of drug-likeness (QED) is 0.488. The third kappa shape index (κ3) is 6.35. The van der Waals surface area contributed by atoms with Crippen LogP contribution in [0, 0.1) is 0 Å². The third-order valence-corrected chi connectivity index (χ3v) is 2.04. The fourth-order valence-corrected chi connectivity index (χ4v) is 0.894. The third-order valence-electron chi connectivity index (χ3n) is 2.04. The van der Waals surface area contributed by atoms with E-state index in [0.29, 0.717) is 6.04 Å². The Balaban J connectivity index is 3.69. The van der Waals surface area contributed by atoms with Crippen LogP contribution in [-0.2, 0) is 0 Å². The average molecular weight is 179 g/mol. The van der Waals surface area contributed by atoms with E-state index in [1.165, 1.54) is 5.57 Å². The summed E-state index contributed by atoms with van der Waals surface area (Å²) in [5.74, 6) is 0. The molecule has 0 radical (unpaired) electrons. The summed E-state index contributed by atoms with van der Waals surface area (Å²) in [5.41, 5.74) is 1.23. The molecule has 1 heteroatoms. The lowest BCUT2D eigenvalue weighted by Crippen LogP contribution is -2.22. The van der Waals surface area contributed by atoms with Crippen LogP contribution < -0.4 is 5.32 Å². The van der Waals surface area contributed by atoms with Crippen LogP contribution in [0.1, 0.15) is 26.7 Å². The van der Waals surface area contributed by atoms with E-state index in [9.17, 15) is 0 Å². The molecule has 0 spiro atoms. The minimum absolute atomic E-state index is 0.403. The number of nitrogens with one attached hydrogen (secondary N) is 1. The summed E-state index contributed by atoms with van der Waals surface area (Å²) >= 11 is 0. The Bertz CT molecular complexity index is 189. The van der Waals surface area contributed by atoms with Crippen molar-refractivity contribution in [2.24, 2.45) is 0 Å². The smallest absolute Gasteiger partial charge is 0.0248 e. The number of hydrogen-bond donors (Lipinski definition) is 1. The molecule has 0 aromatic heterocycles. The zero-order valence-corrected chi connectivity index (χ0v) is 9.01. The zero-order valence-electron chi connectivity index (χ0n) is 9.01. The van der Waals surface area contributed by atoms with Gasteiger partial charge in [0.1, 0.15) is 0 Å². The monoisotopic (exact) mass is 179 g/mol. The van der Waals surface area contributed by atoms with E-state index in [2.05, 4.69) is 50.0 Å². The van der Waals surface area contributed by atoms with Crippen molar-refractivity contribution >= 4 is 0 Å². The van der Waals surface area contributed by atoms with Gasteiger partial charge in [0.25, 0.3) is 0 Å². The minimum atomic E-state index is 0.403. The SMILES string of the molecule is C=C(CC=C/C=C\CC)C(C)NC. The van der Waals surface area contributed by atoms with E-state index in [4.69, 9.17) is 0 Å². The van der Waals surface area contributed by atoms with Crippen molar-refractivity contribution in [3.8, 4) is 0 Å². The van der Waals surface area contributed by atoms with Gasteiger partial charge in [-0.3, -0.25) is 0 Å². The molecule has 74 valence electrons. The molecule has 0 aliphatic heterocycles. The summed E-state index contributed by atoms with van der Waals surface area (Å²) in [6.45, 7) is 8.26. The summed E-state index contributed by atoms with van der Waals surface area (Å²) in [7, 11) is 1.95. The van der Waals surface area contributed by atoms with E-state index in [1.54, 1.807) is 0 Å². The molecule has 0 bridgehead atoms. The van der Waals surface area contributed by atoms with Crippen LogP contribution in [0.5, 0.6) is 0 Å². The molecule has 1 nitrogen and oxygen atoms in total. The van der Waals surface area contributed by atoms with Gasteiger partial charge in [0, 0.05) is 6.04 Å². The molecule has 0 aromatic rings. The molecule has 0 rings (SSSR count). The van der Waals surface area contributed by atoms with Gasteiger partial charge < -0.3 is 5.32 Å². The average Bonchev–Trinajstić information content (AvgIpc) is 2.16. The lowest BCUT2D eigenvalue weighted by molar-refractivity contribution is 0.682. The van der Waals surface area contributed by atoms with Crippen LogP contribution in [0.3, 0.4) is 0 Å². The number of likely N-dealkylation sites (N-methyl/N-ethyl adjacent to an activating group) is 1. The molecule has 0 aromatic carbocycles. The Morgan fingerprint density at radius 1 is 1.38 bits per heavy atom. The lowest BCUT2D eigenvalue weighted by Gasteiger charge is -2.10. The van der Waals surface area contributed by atoms with E-state index in [0.717, 1.165) is 12.8 Å². The summed E-state index contributed by atoms with van der Waals surface area (Å²) in [6, 6.07) is 0.403. The maximum absolute atomic E-state index is 4.01. The maximum atomic E-state index is 4.01. The zero-order chi connectivity index (χ0) is 10.1. The van der Waals surface area contributed by atoms with Crippen molar-refractivity contribution in [3.63, 3.8) is 0 Å². The van der Waals surface area contributed by atoms with Crippen molar-refractivity contribution in [2.45, 2.75) is 32.7 Å². The largest absolute Gasteiger partial charge is 0.314 e.